The van der Waals surface area contributed by atoms with Crippen molar-refractivity contribution in [2.45, 2.75) is 20.4 Å². The number of nitrogens with one attached hydrogen (secondary N) is 1. The van der Waals surface area contributed by atoms with Gasteiger partial charge in [-0.1, -0.05) is 24.6 Å². The lowest BCUT2D eigenvalue weighted by atomic mass is 10.1. The lowest BCUT2D eigenvalue weighted by Gasteiger charge is -2.24. The predicted octanol–water partition coefficient (Wildman–Crippen LogP) is 2.10. The summed E-state index contributed by atoms with van der Waals surface area (Å²) in [5, 5.41) is 3.41. The van der Waals surface area contributed by atoms with Crippen LogP contribution in [0.15, 0.2) is 18.2 Å². The van der Waals surface area contributed by atoms with Crippen molar-refractivity contribution < 1.29 is 0 Å². The van der Waals surface area contributed by atoms with Crippen LogP contribution in [-0.4, -0.2) is 45.7 Å². The Morgan fingerprint density at radius 1 is 1.11 bits per heavy atom. The zero-order chi connectivity index (χ0) is 13.5. The number of aryl methyl sites for hydroxylation is 1. The van der Waals surface area contributed by atoms with E-state index in [2.05, 4.69) is 68.3 Å². The van der Waals surface area contributed by atoms with Crippen LogP contribution in [0.2, 0.25) is 0 Å². The molecule has 1 N–H and O–H groups in total. The number of rotatable bonds is 7. The van der Waals surface area contributed by atoms with Crippen molar-refractivity contribution in [3.63, 3.8) is 0 Å². The Kier molecular flexibility index (Phi) is 6.16. The number of benzene rings is 1. The molecule has 1 aromatic rings. The van der Waals surface area contributed by atoms with Crippen molar-refractivity contribution in [3.05, 3.63) is 29.3 Å². The molecule has 0 atom stereocenters. The maximum Gasteiger partial charge on any atom is 0.0409 e. The van der Waals surface area contributed by atoms with Gasteiger partial charge in [-0.2, -0.15) is 0 Å². The Labute approximate surface area is 112 Å². The molecule has 0 spiro atoms. The molecule has 1 aromatic carbocycles. The molecule has 0 saturated carbocycles. The van der Waals surface area contributed by atoms with Crippen molar-refractivity contribution in [1.29, 1.82) is 0 Å². The molecule has 0 bridgehead atoms. The Balaban J connectivity index is 2.78. The van der Waals surface area contributed by atoms with Crippen LogP contribution in [0.3, 0.4) is 0 Å². The normalized spacial score (nSPS) is 11.0. The Bertz CT molecular complexity index is 361. The number of hydrogen-bond donors (Lipinski definition) is 1. The quantitative estimate of drug-likeness (QED) is 0.798. The number of anilines is 1. The molecule has 0 heterocycles. The van der Waals surface area contributed by atoms with Gasteiger partial charge < -0.3 is 15.1 Å². The molecule has 3 heteroatoms. The highest BCUT2D eigenvalue weighted by Crippen LogP contribution is 2.20. The topological polar surface area (TPSA) is 18.5 Å². The molecule has 3 nitrogen and oxygen atoms in total. The van der Waals surface area contributed by atoms with E-state index in [9.17, 15) is 0 Å². The molecular weight excluding hydrogens is 222 g/mol. The van der Waals surface area contributed by atoms with Crippen LogP contribution in [0, 0.1) is 6.92 Å². The van der Waals surface area contributed by atoms with Crippen molar-refractivity contribution in [2.24, 2.45) is 0 Å². The van der Waals surface area contributed by atoms with E-state index in [-0.39, 0.29) is 0 Å². The van der Waals surface area contributed by atoms with Crippen molar-refractivity contribution in [3.8, 4) is 0 Å². The first-order valence-electron chi connectivity index (χ1n) is 6.70. The summed E-state index contributed by atoms with van der Waals surface area (Å²) in [6.07, 6.45) is 0. The second kappa shape index (κ2) is 7.39. The van der Waals surface area contributed by atoms with E-state index in [0.29, 0.717) is 0 Å². The third-order valence-electron chi connectivity index (χ3n) is 3.09. The molecule has 18 heavy (non-hydrogen) atoms. The van der Waals surface area contributed by atoms with Crippen LogP contribution < -0.4 is 10.2 Å². The highest BCUT2D eigenvalue weighted by Gasteiger charge is 2.07. The van der Waals surface area contributed by atoms with Crippen molar-refractivity contribution in [2.75, 3.05) is 45.7 Å². The summed E-state index contributed by atoms with van der Waals surface area (Å²) in [4.78, 5) is 4.56. The molecule has 0 amide bonds. The molecule has 0 saturated heterocycles. The fourth-order valence-electron chi connectivity index (χ4n) is 1.96. The highest BCUT2D eigenvalue weighted by molar-refractivity contribution is 5.54. The molecule has 0 unspecified atom stereocenters. The lowest BCUT2D eigenvalue weighted by Crippen LogP contribution is -2.29. The predicted molar refractivity (Wildman–Crippen MR) is 80.4 cm³/mol. The van der Waals surface area contributed by atoms with Crippen LogP contribution in [0.4, 0.5) is 5.69 Å². The second-order valence-electron chi connectivity index (χ2n) is 5.14. The van der Waals surface area contributed by atoms with E-state index < -0.39 is 0 Å². The van der Waals surface area contributed by atoms with Gasteiger partial charge in [0.25, 0.3) is 0 Å². The molecule has 0 radical (unpaired) electrons. The van der Waals surface area contributed by atoms with Gasteiger partial charge in [0.05, 0.1) is 0 Å². The Morgan fingerprint density at radius 3 is 2.44 bits per heavy atom. The monoisotopic (exact) mass is 249 g/mol. The fraction of sp³-hybridized carbons (Fsp3) is 0.600. The average Bonchev–Trinajstić information content (AvgIpc) is 2.33. The van der Waals surface area contributed by atoms with Gasteiger partial charge in [0.1, 0.15) is 0 Å². The summed E-state index contributed by atoms with van der Waals surface area (Å²) in [7, 11) is 6.40. The first-order chi connectivity index (χ1) is 8.54. The van der Waals surface area contributed by atoms with Gasteiger partial charge in [-0.25, -0.2) is 0 Å². The summed E-state index contributed by atoms with van der Waals surface area (Å²) >= 11 is 0. The Morgan fingerprint density at radius 2 is 1.83 bits per heavy atom. The van der Waals surface area contributed by atoms with Crippen molar-refractivity contribution >= 4 is 5.69 Å². The van der Waals surface area contributed by atoms with Gasteiger partial charge in [0.2, 0.25) is 0 Å². The third-order valence-corrected chi connectivity index (χ3v) is 3.09. The molecule has 0 aromatic heterocycles. The maximum atomic E-state index is 3.41. The van der Waals surface area contributed by atoms with Gasteiger partial charge >= 0.3 is 0 Å². The van der Waals surface area contributed by atoms with Crippen LogP contribution in [0.25, 0.3) is 0 Å². The minimum atomic E-state index is 0.944. The maximum absolute atomic E-state index is 3.41. The highest BCUT2D eigenvalue weighted by atomic mass is 15.2. The number of nitrogens with zero attached hydrogens (tertiary/aromatic N) is 2. The molecule has 0 aliphatic heterocycles. The number of likely N-dealkylation sites (N-methyl/N-ethyl adjacent to an activating group) is 2. The fourth-order valence-corrected chi connectivity index (χ4v) is 1.96. The van der Waals surface area contributed by atoms with Gasteiger partial charge in [0, 0.05) is 32.4 Å². The van der Waals surface area contributed by atoms with Crippen LogP contribution >= 0.6 is 0 Å². The minimum absolute atomic E-state index is 0.944. The Hall–Kier alpha value is -1.06. The zero-order valence-electron chi connectivity index (χ0n) is 12.5. The van der Waals surface area contributed by atoms with Crippen LogP contribution in [0.5, 0.6) is 0 Å². The van der Waals surface area contributed by atoms with E-state index in [1.54, 1.807) is 0 Å². The SMILES string of the molecule is CCNCc1cc(C)ccc1N(C)CCN(C)C. The molecule has 0 aliphatic carbocycles. The smallest absolute Gasteiger partial charge is 0.0409 e. The average molecular weight is 249 g/mol. The van der Waals surface area contributed by atoms with E-state index in [1.807, 2.05) is 0 Å². The largest absolute Gasteiger partial charge is 0.373 e. The van der Waals surface area contributed by atoms with Gasteiger partial charge in [-0.15, -0.1) is 0 Å². The summed E-state index contributed by atoms with van der Waals surface area (Å²) in [6.45, 7) is 8.37. The lowest BCUT2D eigenvalue weighted by molar-refractivity contribution is 0.416. The van der Waals surface area contributed by atoms with Gasteiger partial charge in [-0.3, -0.25) is 0 Å². The molecule has 0 aliphatic rings. The van der Waals surface area contributed by atoms with E-state index in [1.165, 1.54) is 16.8 Å². The summed E-state index contributed by atoms with van der Waals surface area (Å²) < 4.78 is 0. The van der Waals surface area contributed by atoms with E-state index in [0.717, 1.165) is 26.2 Å². The van der Waals surface area contributed by atoms with Gasteiger partial charge in [0.15, 0.2) is 0 Å². The van der Waals surface area contributed by atoms with Crippen LogP contribution in [-0.2, 0) is 6.54 Å². The standard InChI is InChI=1S/C15H27N3/c1-6-16-12-14-11-13(2)7-8-15(14)18(5)10-9-17(3)4/h7-8,11,16H,6,9-10,12H2,1-5H3. The van der Waals surface area contributed by atoms with Crippen LogP contribution in [0.1, 0.15) is 18.1 Å². The summed E-state index contributed by atoms with van der Waals surface area (Å²) in [6, 6.07) is 6.71. The van der Waals surface area contributed by atoms with Gasteiger partial charge in [-0.05, 0) is 39.2 Å². The summed E-state index contributed by atoms with van der Waals surface area (Å²) in [5.41, 5.74) is 4.05. The minimum Gasteiger partial charge on any atom is -0.373 e. The van der Waals surface area contributed by atoms with E-state index >= 15 is 0 Å². The molecule has 1 rings (SSSR count). The zero-order valence-corrected chi connectivity index (χ0v) is 12.5. The molecule has 0 fully saturated rings. The second-order valence-corrected chi connectivity index (χ2v) is 5.14. The van der Waals surface area contributed by atoms with E-state index in [4.69, 9.17) is 0 Å². The first kappa shape index (κ1) is 15.0. The van der Waals surface area contributed by atoms with Crippen molar-refractivity contribution in [1.82, 2.24) is 10.2 Å². The first-order valence-corrected chi connectivity index (χ1v) is 6.70. The number of hydrogen-bond acceptors (Lipinski definition) is 3. The summed E-state index contributed by atoms with van der Waals surface area (Å²) in [5.74, 6) is 0. The third kappa shape index (κ3) is 4.67. The molecule has 102 valence electrons. The molecular formula is C15H27N3.